The highest BCUT2D eigenvalue weighted by molar-refractivity contribution is 9.11. The maximum atomic E-state index is 13.6. The fourth-order valence-corrected chi connectivity index (χ4v) is 3.03. The van der Waals surface area contributed by atoms with E-state index in [0.29, 0.717) is 0 Å². The monoisotopic (exact) mass is 312 g/mol. The van der Waals surface area contributed by atoms with Gasteiger partial charge in [-0.3, -0.25) is 4.79 Å². The van der Waals surface area contributed by atoms with Gasteiger partial charge in [-0.25, -0.2) is 4.39 Å². The van der Waals surface area contributed by atoms with Crippen molar-refractivity contribution < 1.29 is 9.18 Å². The number of Topliss-reactive ketones (excluding diaryl/α,β-unsaturated/α-hetero) is 1. The minimum absolute atomic E-state index is 0.167. The molecular weight excluding hydrogens is 303 g/mol. The minimum Gasteiger partial charge on any atom is -0.294 e. The molecule has 0 N–H and O–H groups in total. The Balaban J connectivity index is 2.20. The molecule has 4 heteroatoms. The van der Waals surface area contributed by atoms with Gasteiger partial charge in [0.05, 0.1) is 9.35 Å². The first-order valence-corrected chi connectivity index (χ1v) is 6.71. The van der Waals surface area contributed by atoms with E-state index in [0.717, 1.165) is 14.2 Å². The zero-order valence-electron chi connectivity index (χ0n) is 9.17. The first kappa shape index (κ1) is 12.5. The van der Waals surface area contributed by atoms with Gasteiger partial charge in [0, 0.05) is 11.3 Å². The number of carbonyl (C=O) groups excluding carboxylic acids is 1. The molecule has 1 nitrogen and oxygen atoms in total. The van der Waals surface area contributed by atoms with E-state index in [2.05, 4.69) is 15.9 Å². The smallest absolute Gasteiger partial charge is 0.170 e. The van der Waals surface area contributed by atoms with Crippen molar-refractivity contribution in [3.8, 4) is 0 Å². The van der Waals surface area contributed by atoms with Crippen LogP contribution in [0.25, 0.3) is 0 Å². The maximum Gasteiger partial charge on any atom is 0.170 e. The van der Waals surface area contributed by atoms with Crippen molar-refractivity contribution in [1.29, 1.82) is 0 Å². The van der Waals surface area contributed by atoms with Crippen LogP contribution in [0.15, 0.2) is 34.1 Å². The van der Waals surface area contributed by atoms with E-state index in [1.807, 2.05) is 12.1 Å². The summed E-state index contributed by atoms with van der Waals surface area (Å²) in [6.45, 7) is 1.80. The predicted octanol–water partition coefficient (Wildman–Crippen LogP) is 4.38. The zero-order valence-corrected chi connectivity index (χ0v) is 11.6. The average Bonchev–Trinajstić information content (AvgIpc) is 2.63. The number of aryl methyl sites for hydroxylation is 1. The van der Waals surface area contributed by atoms with Crippen molar-refractivity contribution >= 4 is 33.0 Å². The number of hydrogen-bond donors (Lipinski definition) is 0. The van der Waals surface area contributed by atoms with Gasteiger partial charge in [0.25, 0.3) is 0 Å². The summed E-state index contributed by atoms with van der Waals surface area (Å²) < 4.78 is 14.6. The third kappa shape index (κ3) is 3.01. The van der Waals surface area contributed by atoms with Crippen molar-refractivity contribution in [3.05, 3.63) is 55.9 Å². The van der Waals surface area contributed by atoms with Gasteiger partial charge < -0.3 is 0 Å². The summed E-state index contributed by atoms with van der Waals surface area (Å²) in [6.07, 6.45) is 0.246. The maximum absolute atomic E-state index is 13.6. The van der Waals surface area contributed by atoms with Crippen LogP contribution in [0.4, 0.5) is 4.39 Å². The summed E-state index contributed by atoms with van der Waals surface area (Å²) in [5.74, 6) is -0.623. The van der Waals surface area contributed by atoms with Crippen LogP contribution in [0.1, 0.15) is 20.8 Å². The molecule has 0 bridgehead atoms. The molecule has 0 aliphatic carbocycles. The molecule has 0 aliphatic rings. The molecule has 2 aromatic rings. The number of thiophene rings is 1. The van der Waals surface area contributed by atoms with Crippen LogP contribution in [0.5, 0.6) is 0 Å². The molecule has 0 spiro atoms. The standard InChI is InChI=1S/C13H10BrFOS/c1-8-2-4-10(11(15)6-8)12(16)7-9-3-5-13(14)17-9/h2-6H,7H2,1H3. The Morgan fingerprint density at radius 1 is 1.35 bits per heavy atom. The molecule has 0 unspecified atom stereocenters. The van der Waals surface area contributed by atoms with E-state index in [9.17, 15) is 9.18 Å². The summed E-state index contributed by atoms with van der Waals surface area (Å²) >= 11 is 4.83. The first-order valence-electron chi connectivity index (χ1n) is 5.10. The summed E-state index contributed by atoms with van der Waals surface area (Å²) in [7, 11) is 0. The van der Waals surface area contributed by atoms with Gasteiger partial charge in [0.15, 0.2) is 5.78 Å². The Morgan fingerprint density at radius 2 is 2.12 bits per heavy atom. The molecule has 0 saturated carbocycles. The van der Waals surface area contributed by atoms with E-state index in [-0.39, 0.29) is 17.8 Å². The number of ketones is 1. The molecule has 0 saturated heterocycles. The second-order valence-electron chi connectivity index (χ2n) is 3.79. The van der Waals surface area contributed by atoms with E-state index in [4.69, 9.17) is 0 Å². The van der Waals surface area contributed by atoms with E-state index < -0.39 is 5.82 Å². The van der Waals surface area contributed by atoms with Crippen molar-refractivity contribution in [2.24, 2.45) is 0 Å². The largest absolute Gasteiger partial charge is 0.294 e. The molecular formula is C13H10BrFOS. The van der Waals surface area contributed by atoms with Gasteiger partial charge in [0.2, 0.25) is 0 Å². The Morgan fingerprint density at radius 3 is 2.71 bits per heavy atom. The van der Waals surface area contributed by atoms with Gasteiger partial charge >= 0.3 is 0 Å². The predicted molar refractivity (Wildman–Crippen MR) is 71.2 cm³/mol. The molecule has 1 aromatic carbocycles. The third-order valence-corrected chi connectivity index (χ3v) is 4.01. The number of benzene rings is 1. The molecule has 88 valence electrons. The number of rotatable bonds is 3. The SMILES string of the molecule is Cc1ccc(C(=O)Cc2ccc(Br)s2)c(F)c1. The normalized spacial score (nSPS) is 10.5. The van der Waals surface area contributed by atoms with Gasteiger partial charge in [0.1, 0.15) is 5.82 Å². The van der Waals surface area contributed by atoms with Crippen molar-refractivity contribution in [3.63, 3.8) is 0 Å². The number of hydrogen-bond acceptors (Lipinski definition) is 2. The number of halogens is 2. The lowest BCUT2D eigenvalue weighted by Gasteiger charge is -2.02. The third-order valence-electron chi connectivity index (χ3n) is 2.39. The zero-order chi connectivity index (χ0) is 12.4. The lowest BCUT2D eigenvalue weighted by Crippen LogP contribution is -2.05. The Labute approximate surface area is 111 Å². The molecule has 0 radical (unpaired) electrons. The number of carbonyl (C=O) groups is 1. The first-order chi connectivity index (χ1) is 8.06. The van der Waals surface area contributed by atoms with Crippen LogP contribution in [0.3, 0.4) is 0 Å². The summed E-state index contributed by atoms with van der Waals surface area (Å²) in [5.41, 5.74) is 0.984. The van der Waals surface area contributed by atoms with Crippen molar-refractivity contribution in [1.82, 2.24) is 0 Å². The van der Waals surface area contributed by atoms with Gasteiger partial charge in [-0.1, -0.05) is 6.07 Å². The second-order valence-corrected chi connectivity index (χ2v) is 6.34. The molecule has 1 aromatic heterocycles. The summed E-state index contributed by atoms with van der Waals surface area (Å²) in [4.78, 5) is 12.8. The van der Waals surface area contributed by atoms with E-state index in [1.54, 1.807) is 19.1 Å². The van der Waals surface area contributed by atoms with Crippen molar-refractivity contribution in [2.75, 3.05) is 0 Å². The molecule has 1 heterocycles. The molecule has 0 aliphatic heterocycles. The van der Waals surface area contributed by atoms with Gasteiger partial charge in [-0.15, -0.1) is 11.3 Å². The lowest BCUT2D eigenvalue weighted by atomic mass is 10.1. The highest BCUT2D eigenvalue weighted by Crippen LogP contribution is 2.23. The van der Waals surface area contributed by atoms with Crippen molar-refractivity contribution in [2.45, 2.75) is 13.3 Å². The second kappa shape index (κ2) is 5.10. The Bertz CT molecular complexity index is 562. The Kier molecular flexibility index (Phi) is 3.74. The molecule has 2 rings (SSSR count). The highest BCUT2D eigenvalue weighted by Gasteiger charge is 2.13. The highest BCUT2D eigenvalue weighted by atomic mass is 79.9. The summed E-state index contributed by atoms with van der Waals surface area (Å²) in [6, 6.07) is 8.45. The van der Waals surface area contributed by atoms with E-state index >= 15 is 0 Å². The fourth-order valence-electron chi connectivity index (χ4n) is 1.55. The summed E-state index contributed by atoms with van der Waals surface area (Å²) in [5, 5.41) is 0. The van der Waals surface area contributed by atoms with E-state index in [1.165, 1.54) is 17.4 Å². The van der Waals surface area contributed by atoms with Crippen LogP contribution in [-0.2, 0) is 6.42 Å². The molecule has 0 amide bonds. The quantitative estimate of drug-likeness (QED) is 0.768. The molecule has 0 fully saturated rings. The van der Waals surface area contributed by atoms with Gasteiger partial charge in [-0.05, 0) is 52.7 Å². The molecule has 0 atom stereocenters. The van der Waals surface area contributed by atoms with Crippen LogP contribution in [-0.4, -0.2) is 5.78 Å². The van der Waals surface area contributed by atoms with Crippen LogP contribution in [0.2, 0.25) is 0 Å². The van der Waals surface area contributed by atoms with Crippen LogP contribution >= 0.6 is 27.3 Å². The minimum atomic E-state index is -0.439. The topological polar surface area (TPSA) is 17.1 Å². The van der Waals surface area contributed by atoms with Crippen LogP contribution in [0, 0.1) is 12.7 Å². The molecule has 17 heavy (non-hydrogen) atoms. The van der Waals surface area contributed by atoms with Crippen LogP contribution < -0.4 is 0 Å². The van der Waals surface area contributed by atoms with Gasteiger partial charge in [-0.2, -0.15) is 0 Å². The lowest BCUT2D eigenvalue weighted by molar-refractivity contribution is 0.0990. The average molecular weight is 313 g/mol. The fraction of sp³-hybridized carbons (Fsp3) is 0.154. The Hall–Kier alpha value is -1.00.